The van der Waals surface area contributed by atoms with E-state index in [1.165, 1.54) is 7.11 Å². The number of halogens is 1. The van der Waals surface area contributed by atoms with Crippen molar-refractivity contribution in [2.45, 2.75) is 10.9 Å². The van der Waals surface area contributed by atoms with Gasteiger partial charge in [0.25, 0.3) is 0 Å². The Morgan fingerprint density at radius 2 is 1.67 bits per heavy atom. The van der Waals surface area contributed by atoms with Gasteiger partial charge in [0.2, 0.25) is 5.78 Å². The highest BCUT2D eigenvalue weighted by Gasteiger charge is 2.36. The summed E-state index contributed by atoms with van der Waals surface area (Å²) in [5.41, 5.74) is 1.60. The fourth-order valence-electron chi connectivity index (χ4n) is 2.06. The van der Waals surface area contributed by atoms with Gasteiger partial charge in [0, 0.05) is 19.1 Å². The van der Waals surface area contributed by atoms with Crippen LogP contribution in [0.1, 0.15) is 15.9 Å². The fraction of sp³-hybridized carbons (Fsp3) is 0.235. The molecule has 110 valence electrons. The first-order valence-corrected chi connectivity index (χ1v) is 7.35. The second-order valence-electron chi connectivity index (χ2n) is 4.65. The maximum atomic E-state index is 12.7. The van der Waals surface area contributed by atoms with E-state index in [1.54, 1.807) is 31.4 Å². The summed E-state index contributed by atoms with van der Waals surface area (Å²) < 4.78 is 9.49. The van der Waals surface area contributed by atoms with Gasteiger partial charge in [-0.2, -0.15) is 0 Å². The van der Waals surface area contributed by atoms with Gasteiger partial charge in [-0.3, -0.25) is 4.79 Å². The molecule has 2 aromatic carbocycles. The molecule has 0 bridgehead atoms. The third kappa shape index (κ3) is 3.71. The van der Waals surface area contributed by atoms with Crippen LogP contribution in [0, 0.1) is 0 Å². The molecule has 0 aliphatic carbocycles. The molecule has 0 heterocycles. The molecule has 0 saturated carbocycles. The van der Waals surface area contributed by atoms with Crippen LogP contribution in [-0.4, -0.2) is 24.5 Å². The second-order valence-corrected chi connectivity index (χ2v) is 5.93. The number of hydrogen-bond donors (Lipinski definition) is 0. The molecule has 0 saturated heterocycles. The van der Waals surface area contributed by atoms with Crippen molar-refractivity contribution >= 4 is 21.7 Å². The molecule has 4 heteroatoms. The van der Waals surface area contributed by atoms with Gasteiger partial charge in [-0.05, 0) is 45.8 Å². The summed E-state index contributed by atoms with van der Waals surface area (Å²) in [7, 11) is 3.12. The van der Waals surface area contributed by atoms with Crippen LogP contribution >= 0.6 is 15.9 Å². The normalized spacial score (nSPS) is 13.5. The SMILES string of the molecule is COc1ccc(C(=O)[C@](Br)(Cc2ccccc2)OC)cc1. The fourth-order valence-corrected chi connectivity index (χ4v) is 2.61. The van der Waals surface area contributed by atoms with Crippen molar-refractivity contribution in [2.24, 2.45) is 0 Å². The lowest BCUT2D eigenvalue weighted by molar-refractivity contribution is 0.0508. The van der Waals surface area contributed by atoms with E-state index in [9.17, 15) is 4.79 Å². The summed E-state index contributed by atoms with van der Waals surface area (Å²) in [5.74, 6) is 0.601. The van der Waals surface area contributed by atoms with E-state index in [-0.39, 0.29) is 5.78 Å². The predicted molar refractivity (Wildman–Crippen MR) is 86.1 cm³/mol. The summed E-state index contributed by atoms with van der Waals surface area (Å²) >= 11 is 3.46. The molecule has 0 spiro atoms. The minimum absolute atomic E-state index is 0.114. The van der Waals surface area contributed by atoms with Crippen LogP contribution in [0.25, 0.3) is 0 Å². The number of carbonyl (C=O) groups excluding carboxylic acids is 1. The molecule has 21 heavy (non-hydrogen) atoms. The zero-order chi connectivity index (χ0) is 15.3. The molecule has 0 fully saturated rings. The number of benzene rings is 2. The number of Topliss-reactive ketones (excluding diaryl/α,β-unsaturated/α-hetero) is 1. The summed E-state index contributed by atoms with van der Waals surface area (Å²) in [6.45, 7) is 0. The van der Waals surface area contributed by atoms with Crippen molar-refractivity contribution < 1.29 is 14.3 Å². The Labute approximate surface area is 133 Å². The topological polar surface area (TPSA) is 35.5 Å². The Bertz CT molecular complexity index is 595. The van der Waals surface area contributed by atoms with E-state index in [0.717, 1.165) is 5.56 Å². The van der Waals surface area contributed by atoms with Crippen molar-refractivity contribution in [2.75, 3.05) is 14.2 Å². The van der Waals surface area contributed by atoms with Crippen LogP contribution in [0.4, 0.5) is 0 Å². The van der Waals surface area contributed by atoms with E-state index in [4.69, 9.17) is 9.47 Å². The van der Waals surface area contributed by atoms with Gasteiger partial charge in [-0.15, -0.1) is 0 Å². The van der Waals surface area contributed by atoms with Gasteiger partial charge < -0.3 is 9.47 Å². The van der Waals surface area contributed by atoms with Gasteiger partial charge >= 0.3 is 0 Å². The van der Waals surface area contributed by atoms with Crippen LogP contribution in [0.5, 0.6) is 5.75 Å². The largest absolute Gasteiger partial charge is 0.497 e. The molecular formula is C17H17BrO3. The lowest BCUT2D eigenvalue weighted by atomic mass is 9.99. The maximum absolute atomic E-state index is 12.7. The Hall–Kier alpha value is -1.65. The highest BCUT2D eigenvalue weighted by Crippen LogP contribution is 2.29. The highest BCUT2D eigenvalue weighted by atomic mass is 79.9. The van der Waals surface area contributed by atoms with Gasteiger partial charge in [0.1, 0.15) is 5.75 Å². The molecule has 0 amide bonds. The first-order valence-electron chi connectivity index (χ1n) is 6.56. The van der Waals surface area contributed by atoms with E-state index < -0.39 is 4.51 Å². The number of alkyl halides is 1. The molecule has 0 aromatic heterocycles. The van der Waals surface area contributed by atoms with Gasteiger partial charge in [-0.1, -0.05) is 30.3 Å². The standard InChI is InChI=1S/C17H17BrO3/c1-20-15-10-8-14(9-11-15)16(19)17(18,21-2)12-13-6-4-3-5-7-13/h3-11H,12H2,1-2H3/t17-/m0/s1. The molecule has 2 rings (SSSR count). The van der Waals surface area contributed by atoms with Crippen molar-refractivity contribution in [1.82, 2.24) is 0 Å². The average Bonchev–Trinajstić information content (AvgIpc) is 2.55. The molecule has 0 aliphatic heterocycles. The number of methoxy groups -OCH3 is 2. The van der Waals surface area contributed by atoms with E-state index >= 15 is 0 Å². The lowest BCUT2D eigenvalue weighted by Crippen LogP contribution is -2.36. The Morgan fingerprint density at radius 3 is 2.19 bits per heavy atom. The zero-order valence-corrected chi connectivity index (χ0v) is 13.6. The number of rotatable bonds is 6. The van der Waals surface area contributed by atoms with Crippen molar-refractivity contribution in [3.05, 3.63) is 65.7 Å². The average molecular weight is 349 g/mol. The summed E-state index contributed by atoms with van der Waals surface area (Å²) in [6, 6.07) is 16.8. The first-order chi connectivity index (χ1) is 10.1. The number of hydrogen-bond acceptors (Lipinski definition) is 3. The molecule has 2 aromatic rings. The number of ketones is 1. The Balaban J connectivity index is 2.23. The third-order valence-corrected chi connectivity index (χ3v) is 4.25. The first kappa shape index (κ1) is 15.7. The quantitative estimate of drug-likeness (QED) is 0.587. The molecule has 3 nitrogen and oxygen atoms in total. The van der Waals surface area contributed by atoms with E-state index in [2.05, 4.69) is 15.9 Å². The van der Waals surface area contributed by atoms with Gasteiger partial charge in [-0.25, -0.2) is 0 Å². The van der Waals surface area contributed by atoms with E-state index in [0.29, 0.717) is 17.7 Å². The summed E-state index contributed by atoms with van der Waals surface area (Å²) in [6.07, 6.45) is 0.454. The van der Waals surface area contributed by atoms with Crippen LogP contribution in [-0.2, 0) is 11.2 Å². The number of carbonyl (C=O) groups is 1. The van der Waals surface area contributed by atoms with Crippen LogP contribution in [0.2, 0.25) is 0 Å². The molecule has 0 N–H and O–H groups in total. The number of ether oxygens (including phenoxy) is 2. The van der Waals surface area contributed by atoms with Crippen LogP contribution in [0.15, 0.2) is 54.6 Å². The minimum Gasteiger partial charge on any atom is -0.497 e. The summed E-state index contributed by atoms with van der Waals surface area (Å²) in [4.78, 5) is 12.7. The summed E-state index contributed by atoms with van der Waals surface area (Å²) in [5, 5.41) is 0. The third-order valence-electron chi connectivity index (χ3n) is 3.29. The Kier molecular flexibility index (Phi) is 5.15. The molecule has 1 atom stereocenters. The van der Waals surface area contributed by atoms with Gasteiger partial charge in [0.15, 0.2) is 4.51 Å². The second kappa shape index (κ2) is 6.87. The van der Waals surface area contributed by atoms with Crippen LogP contribution < -0.4 is 4.74 Å². The highest BCUT2D eigenvalue weighted by molar-refractivity contribution is 9.10. The van der Waals surface area contributed by atoms with Gasteiger partial charge in [0.05, 0.1) is 7.11 Å². The Morgan fingerprint density at radius 1 is 1.05 bits per heavy atom. The van der Waals surface area contributed by atoms with Crippen molar-refractivity contribution in [1.29, 1.82) is 0 Å². The predicted octanol–water partition coefficient (Wildman–Crippen LogP) is 3.86. The minimum atomic E-state index is -1.07. The monoisotopic (exact) mass is 348 g/mol. The molecular weight excluding hydrogens is 332 g/mol. The molecule has 0 radical (unpaired) electrons. The molecule has 0 unspecified atom stereocenters. The van der Waals surface area contributed by atoms with E-state index in [1.807, 2.05) is 30.3 Å². The van der Waals surface area contributed by atoms with Crippen molar-refractivity contribution in [3.8, 4) is 5.75 Å². The lowest BCUT2D eigenvalue weighted by Gasteiger charge is -2.24. The van der Waals surface area contributed by atoms with Crippen LogP contribution in [0.3, 0.4) is 0 Å². The smallest absolute Gasteiger partial charge is 0.205 e. The molecule has 0 aliphatic rings. The zero-order valence-electron chi connectivity index (χ0n) is 12.0. The maximum Gasteiger partial charge on any atom is 0.205 e. The van der Waals surface area contributed by atoms with Crippen molar-refractivity contribution in [3.63, 3.8) is 0 Å².